The molecule has 0 fully saturated rings. The molecule has 0 unspecified atom stereocenters. The van der Waals surface area contributed by atoms with Crippen LogP contribution in [0.25, 0.3) is 10.6 Å². The number of nitrogens with zero attached hydrogens (tertiary/aromatic N) is 1. The van der Waals surface area contributed by atoms with Crippen molar-refractivity contribution in [1.29, 1.82) is 0 Å². The molecule has 0 bridgehead atoms. The largest absolute Gasteiger partial charge is 0.468 e. The number of hydrogen-bond donors (Lipinski definition) is 1. The zero-order valence-corrected chi connectivity index (χ0v) is 12.7. The van der Waals surface area contributed by atoms with E-state index in [2.05, 4.69) is 22.0 Å². The van der Waals surface area contributed by atoms with Crippen molar-refractivity contribution in [2.45, 2.75) is 13.3 Å². The summed E-state index contributed by atoms with van der Waals surface area (Å²) in [5.74, 6) is -0.873. The first-order chi connectivity index (χ1) is 10.1. The zero-order chi connectivity index (χ0) is 15.2. The van der Waals surface area contributed by atoms with Crippen LogP contribution in [0.5, 0.6) is 0 Å². The van der Waals surface area contributed by atoms with Crippen molar-refractivity contribution in [3.63, 3.8) is 0 Å². The number of carbonyl (C=O) groups is 2. The Labute approximate surface area is 127 Å². The van der Waals surface area contributed by atoms with Crippen LogP contribution in [0.4, 0.5) is 0 Å². The van der Waals surface area contributed by atoms with Crippen LogP contribution in [0.3, 0.4) is 0 Å². The molecule has 0 aliphatic rings. The minimum Gasteiger partial charge on any atom is -0.468 e. The fourth-order valence-electron chi connectivity index (χ4n) is 1.71. The van der Waals surface area contributed by atoms with Gasteiger partial charge in [0.15, 0.2) is 0 Å². The molecule has 1 aromatic carbocycles. The van der Waals surface area contributed by atoms with Gasteiger partial charge in [-0.1, -0.05) is 31.2 Å². The molecule has 0 radical (unpaired) electrons. The predicted octanol–water partition coefficient (Wildman–Crippen LogP) is 2.28. The van der Waals surface area contributed by atoms with E-state index in [-0.39, 0.29) is 12.5 Å². The molecule has 5 nitrogen and oxygen atoms in total. The number of rotatable bonds is 5. The van der Waals surface area contributed by atoms with Crippen molar-refractivity contribution >= 4 is 23.2 Å². The van der Waals surface area contributed by atoms with Crippen molar-refractivity contribution in [3.05, 3.63) is 40.9 Å². The van der Waals surface area contributed by atoms with Crippen LogP contribution in [-0.2, 0) is 16.0 Å². The fourth-order valence-corrected chi connectivity index (χ4v) is 2.52. The Hall–Kier alpha value is -2.21. The van der Waals surface area contributed by atoms with Gasteiger partial charge < -0.3 is 10.1 Å². The van der Waals surface area contributed by atoms with Gasteiger partial charge in [-0.05, 0) is 12.0 Å². The maximum Gasteiger partial charge on any atom is 0.325 e. The van der Waals surface area contributed by atoms with E-state index >= 15 is 0 Å². The number of ether oxygens (including phenoxy) is 1. The van der Waals surface area contributed by atoms with Gasteiger partial charge in [0.05, 0.1) is 7.11 Å². The molecule has 21 heavy (non-hydrogen) atoms. The first-order valence-corrected chi connectivity index (χ1v) is 7.42. The highest BCUT2D eigenvalue weighted by Crippen LogP contribution is 2.24. The average molecular weight is 304 g/mol. The summed E-state index contributed by atoms with van der Waals surface area (Å²) in [7, 11) is 1.27. The van der Waals surface area contributed by atoms with Gasteiger partial charge in [-0.3, -0.25) is 9.59 Å². The zero-order valence-electron chi connectivity index (χ0n) is 11.9. The smallest absolute Gasteiger partial charge is 0.325 e. The van der Waals surface area contributed by atoms with Crippen LogP contribution >= 0.6 is 11.3 Å². The summed E-state index contributed by atoms with van der Waals surface area (Å²) in [5.41, 5.74) is 2.54. The summed E-state index contributed by atoms with van der Waals surface area (Å²) >= 11 is 1.40. The minimum atomic E-state index is -0.492. The molecule has 0 aliphatic carbocycles. The lowest BCUT2D eigenvalue weighted by Gasteiger charge is -2.01. The monoisotopic (exact) mass is 304 g/mol. The fraction of sp³-hybridized carbons (Fsp3) is 0.267. The van der Waals surface area contributed by atoms with Crippen LogP contribution in [0, 0.1) is 0 Å². The second-order valence-electron chi connectivity index (χ2n) is 4.35. The molecule has 1 N–H and O–H groups in total. The average Bonchev–Trinajstić information content (AvgIpc) is 3.02. The third-order valence-corrected chi connectivity index (χ3v) is 3.86. The molecule has 0 atom stereocenters. The van der Waals surface area contributed by atoms with Gasteiger partial charge in [-0.2, -0.15) is 0 Å². The summed E-state index contributed by atoms with van der Waals surface area (Å²) in [4.78, 5) is 27.1. The van der Waals surface area contributed by atoms with Crippen molar-refractivity contribution < 1.29 is 14.3 Å². The van der Waals surface area contributed by atoms with E-state index in [0.29, 0.717) is 5.69 Å². The van der Waals surface area contributed by atoms with E-state index in [1.807, 2.05) is 24.3 Å². The third kappa shape index (κ3) is 3.88. The van der Waals surface area contributed by atoms with E-state index in [1.165, 1.54) is 24.0 Å². The van der Waals surface area contributed by atoms with Gasteiger partial charge in [-0.15, -0.1) is 11.3 Å². The number of nitrogens with one attached hydrogen (secondary N) is 1. The number of hydrogen-bond acceptors (Lipinski definition) is 5. The number of aryl methyl sites for hydroxylation is 1. The molecule has 0 saturated heterocycles. The SMILES string of the molecule is CCc1ccc(-c2nc(C(=O)NCC(=O)OC)cs2)cc1. The maximum atomic E-state index is 11.8. The molecule has 2 rings (SSSR count). The summed E-state index contributed by atoms with van der Waals surface area (Å²) in [5, 5.41) is 4.92. The molecule has 1 aromatic heterocycles. The molecule has 1 amide bonds. The topological polar surface area (TPSA) is 68.3 Å². The number of thiazole rings is 1. The van der Waals surface area contributed by atoms with E-state index in [4.69, 9.17) is 0 Å². The second kappa shape index (κ2) is 6.99. The first kappa shape index (κ1) is 15.2. The van der Waals surface area contributed by atoms with Gasteiger partial charge in [0, 0.05) is 10.9 Å². The molecule has 0 saturated carbocycles. The predicted molar refractivity (Wildman–Crippen MR) is 81.3 cm³/mol. The lowest BCUT2D eigenvalue weighted by atomic mass is 10.1. The van der Waals surface area contributed by atoms with E-state index in [9.17, 15) is 9.59 Å². The normalized spacial score (nSPS) is 10.2. The van der Waals surface area contributed by atoms with Gasteiger partial charge in [0.2, 0.25) is 0 Å². The number of carbonyl (C=O) groups excluding carboxylic acids is 2. The number of methoxy groups -OCH3 is 1. The van der Waals surface area contributed by atoms with Crippen molar-refractivity contribution in [1.82, 2.24) is 10.3 Å². The molecule has 1 heterocycles. The van der Waals surface area contributed by atoms with Crippen molar-refractivity contribution in [2.75, 3.05) is 13.7 Å². The van der Waals surface area contributed by atoms with Crippen LogP contribution in [0.2, 0.25) is 0 Å². The number of esters is 1. The summed E-state index contributed by atoms with van der Waals surface area (Å²) in [6.07, 6.45) is 0.985. The highest BCUT2D eigenvalue weighted by Gasteiger charge is 2.13. The van der Waals surface area contributed by atoms with E-state index < -0.39 is 5.97 Å². The Balaban J connectivity index is 2.06. The Morgan fingerprint density at radius 2 is 2.00 bits per heavy atom. The lowest BCUT2D eigenvalue weighted by Crippen LogP contribution is -2.30. The van der Waals surface area contributed by atoms with Crippen LogP contribution in [-0.4, -0.2) is 30.5 Å². The molecule has 6 heteroatoms. The van der Waals surface area contributed by atoms with Gasteiger partial charge in [0.1, 0.15) is 17.2 Å². The van der Waals surface area contributed by atoms with Gasteiger partial charge in [0.25, 0.3) is 5.91 Å². The molecule has 110 valence electrons. The molecule has 2 aromatic rings. The Bertz CT molecular complexity index is 635. The highest BCUT2D eigenvalue weighted by atomic mass is 32.1. The van der Waals surface area contributed by atoms with Gasteiger partial charge >= 0.3 is 5.97 Å². The highest BCUT2D eigenvalue weighted by molar-refractivity contribution is 7.13. The van der Waals surface area contributed by atoms with Gasteiger partial charge in [-0.25, -0.2) is 4.98 Å². The lowest BCUT2D eigenvalue weighted by molar-refractivity contribution is -0.139. The van der Waals surface area contributed by atoms with Crippen molar-refractivity contribution in [2.24, 2.45) is 0 Å². The molecule has 0 spiro atoms. The summed E-state index contributed by atoms with van der Waals surface area (Å²) in [6, 6.07) is 8.09. The maximum absolute atomic E-state index is 11.8. The quantitative estimate of drug-likeness (QED) is 0.860. The van der Waals surface area contributed by atoms with Crippen LogP contribution in [0.15, 0.2) is 29.6 Å². The Morgan fingerprint density at radius 3 is 2.62 bits per heavy atom. The molecular formula is C15H16N2O3S. The summed E-state index contributed by atoms with van der Waals surface area (Å²) in [6.45, 7) is 1.94. The Morgan fingerprint density at radius 1 is 1.29 bits per heavy atom. The van der Waals surface area contributed by atoms with Crippen LogP contribution in [0.1, 0.15) is 23.0 Å². The minimum absolute atomic E-state index is 0.159. The number of amides is 1. The summed E-state index contributed by atoms with van der Waals surface area (Å²) < 4.78 is 4.46. The molecule has 0 aliphatic heterocycles. The number of benzene rings is 1. The van der Waals surface area contributed by atoms with Crippen LogP contribution < -0.4 is 5.32 Å². The van der Waals surface area contributed by atoms with E-state index in [1.54, 1.807) is 5.38 Å². The Kier molecular flexibility index (Phi) is 5.05. The molecular weight excluding hydrogens is 288 g/mol. The third-order valence-electron chi connectivity index (χ3n) is 2.97. The number of aromatic nitrogens is 1. The van der Waals surface area contributed by atoms with E-state index in [0.717, 1.165) is 17.0 Å². The standard InChI is InChI=1S/C15H16N2O3S/c1-3-10-4-6-11(7-5-10)15-17-12(9-21-15)14(19)16-8-13(18)20-2/h4-7,9H,3,8H2,1-2H3,(H,16,19). The first-order valence-electron chi connectivity index (χ1n) is 6.54. The van der Waals surface area contributed by atoms with Crippen molar-refractivity contribution in [3.8, 4) is 10.6 Å². The second-order valence-corrected chi connectivity index (χ2v) is 5.21.